The molecule has 8 heteroatoms. The van der Waals surface area contributed by atoms with Crippen LogP contribution < -0.4 is 11.1 Å². The van der Waals surface area contributed by atoms with E-state index in [4.69, 9.17) is 5.73 Å². The first kappa shape index (κ1) is 22.2. The molecule has 25 heavy (non-hydrogen) atoms. The molecule has 0 aliphatic carbocycles. The van der Waals surface area contributed by atoms with Crippen LogP contribution in [0.4, 0.5) is 0 Å². The monoisotopic (exact) mass is 480 g/mol. The number of sulfone groups is 1. The Morgan fingerprint density at radius 2 is 2.04 bits per heavy atom. The summed E-state index contributed by atoms with van der Waals surface area (Å²) in [5, 5.41) is 3.19. The molecular formula is C17H29IN4O2S. The van der Waals surface area contributed by atoms with Crippen molar-refractivity contribution in [3.63, 3.8) is 0 Å². The van der Waals surface area contributed by atoms with Gasteiger partial charge in [-0.25, -0.2) is 13.4 Å². The molecule has 1 aliphatic rings. The van der Waals surface area contributed by atoms with E-state index in [0.29, 0.717) is 18.5 Å². The van der Waals surface area contributed by atoms with E-state index < -0.39 is 9.84 Å². The standard InChI is InChI=1S/C17H28N4O2S.HI/c1-3-21-10-6-9-16(21)12-20-17(18)19-11-14-7-4-5-8-15(14)13-24(2,22)23;/h4-5,7-8,16H,3,6,9-13H2,1-2H3,(H3,18,19,20);1H. The first-order chi connectivity index (χ1) is 11.4. The minimum Gasteiger partial charge on any atom is -0.370 e. The molecule has 0 spiro atoms. The molecule has 142 valence electrons. The van der Waals surface area contributed by atoms with Crippen molar-refractivity contribution in [3.05, 3.63) is 35.4 Å². The predicted octanol–water partition coefficient (Wildman–Crippen LogP) is 1.74. The molecule has 1 heterocycles. The van der Waals surface area contributed by atoms with Gasteiger partial charge in [0, 0.05) is 18.8 Å². The van der Waals surface area contributed by atoms with E-state index in [2.05, 4.69) is 22.1 Å². The van der Waals surface area contributed by atoms with Gasteiger partial charge < -0.3 is 11.1 Å². The second kappa shape index (κ2) is 10.3. The molecule has 0 amide bonds. The first-order valence-corrected chi connectivity index (χ1v) is 10.5. The SMILES string of the molecule is CCN1CCCC1CNC(N)=NCc1ccccc1CS(C)(=O)=O.I. The van der Waals surface area contributed by atoms with Gasteiger partial charge in [-0.3, -0.25) is 4.90 Å². The average Bonchev–Trinajstić information content (AvgIpc) is 2.98. The molecule has 1 atom stereocenters. The Kier molecular flexibility index (Phi) is 9.15. The van der Waals surface area contributed by atoms with Gasteiger partial charge in [-0.2, -0.15) is 0 Å². The maximum absolute atomic E-state index is 11.5. The Labute approximate surface area is 168 Å². The second-order valence-corrected chi connectivity index (χ2v) is 8.49. The Hall–Kier alpha value is -0.870. The quantitative estimate of drug-likeness (QED) is 0.353. The summed E-state index contributed by atoms with van der Waals surface area (Å²) in [6.07, 6.45) is 3.66. The highest BCUT2D eigenvalue weighted by molar-refractivity contribution is 14.0. The molecule has 1 aromatic carbocycles. The maximum Gasteiger partial charge on any atom is 0.188 e. The van der Waals surface area contributed by atoms with Gasteiger partial charge in [0.25, 0.3) is 0 Å². The third kappa shape index (κ3) is 7.49. The Morgan fingerprint density at radius 1 is 1.36 bits per heavy atom. The van der Waals surface area contributed by atoms with Crippen LogP contribution in [-0.4, -0.2) is 51.2 Å². The van der Waals surface area contributed by atoms with Gasteiger partial charge in [-0.1, -0.05) is 31.2 Å². The lowest BCUT2D eigenvalue weighted by atomic mass is 10.1. The number of benzene rings is 1. The lowest BCUT2D eigenvalue weighted by molar-refractivity contribution is 0.267. The third-order valence-corrected chi connectivity index (χ3v) is 5.22. The van der Waals surface area contributed by atoms with Crippen molar-refractivity contribution in [2.24, 2.45) is 10.7 Å². The van der Waals surface area contributed by atoms with E-state index in [1.165, 1.54) is 19.1 Å². The Bertz CT molecular complexity index is 679. The van der Waals surface area contributed by atoms with Crippen LogP contribution in [0.25, 0.3) is 0 Å². The van der Waals surface area contributed by atoms with Crippen molar-refractivity contribution in [1.82, 2.24) is 10.2 Å². The minimum absolute atomic E-state index is 0. The van der Waals surface area contributed by atoms with E-state index in [9.17, 15) is 8.42 Å². The molecule has 6 nitrogen and oxygen atoms in total. The average molecular weight is 480 g/mol. The van der Waals surface area contributed by atoms with E-state index in [-0.39, 0.29) is 29.7 Å². The van der Waals surface area contributed by atoms with Crippen molar-refractivity contribution in [2.75, 3.05) is 25.9 Å². The highest BCUT2D eigenvalue weighted by Crippen LogP contribution is 2.16. The summed E-state index contributed by atoms with van der Waals surface area (Å²) in [4.78, 5) is 6.81. The van der Waals surface area contributed by atoms with Crippen LogP contribution in [0, 0.1) is 0 Å². The lowest BCUT2D eigenvalue weighted by Gasteiger charge is -2.23. The number of likely N-dealkylation sites (tertiary alicyclic amines) is 1. The smallest absolute Gasteiger partial charge is 0.188 e. The molecule has 2 rings (SSSR count). The highest BCUT2D eigenvalue weighted by atomic mass is 127. The largest absolute Gasteiger partial charge is 0.370 e. The van der Waals surface area contributed by atoms with Crippen molar-refractivity contribution in [2.45, 2.75) is 38.1 Å². The highest BCUT2D eigenvalue weighted by Gasteiger charge is 2.22. The van der Waals surface area contributed by atoms with Crippen molar-refractivity contribution in [3.8, 4) is 0 Å². The molecule has 0 saturated carbocycles. The molecule has 1 unspecified atom stereocenters. The molecule has 0 radical (unpaired) electrons. The molecule has 1 aliphatic heterocycles. The van der Waals surface area contributed by atoms with Gasteiger partial charge in [0.15, 0.2) is 15.8 Å². The Morgan fingerprint density at radius 3 is 2.68 bits per heavy atom. The molecule has 1 aromatic rings. The fourth-order valence-electron chi connectivity index (χ4n) is 3.13. The van der Waals surface area contributed by atoms with Gasteiger partial charge >= 0.3 is 0 Å². The summed E-state index contributed by atoms with van der Waals surface area (Å²) < 4.78 is 23.0. The van der Waals surface area contributed by atoms with Crippen LogP contribution in [0.1, 0.15) is 30.9 Å². The van der Waals surface area contributed by atoms with Gasteiger partial charge in [0.1, 0.15) is 0 Å². The van der Waals surface area contributed by atoms with E-state index in [1.54, 1.807) is 0 Å². The summed E-state index contributed by atoms with van der Waals surface area (Å²) in [5.74, 6) is 0.437. The predicted molar refractivity (Wildman–Crippen MR) is 114 cm³/mol. The third-order valence-electron chi connectivity index (χ3n) is 4.38. The number of rotatable bonds is 7. The molecule has 1 saturated heterocycles. The molecular weight excluding hydrogens is 451 g/mol. The number of aliphatic imine (C=N–C) groups is 1. The topological polar surface area (TPSA) is 87.8 Å². The number of guanidine groups is 1. The van der Waals surface area contributed by atoms with Gasteiger partial charge in [-0.05, 0) is 37.1 Å². The van der Waals surface area contributed by atoms with Crippen LogP contribution >= 0.6 is 24.0 Å². The molecule has 1 fully saturated rings. The molecule has 3 N–H and O–H groups in total. The summed E-state index contributed by atoms with van der Waals surface area (Å²) in [6, 6.07) is 7.97. The number of nitrogens with two attached hydrogens (primary N) is 1. The van der Waals surface area contributed by atoms with Crippen molar-refractivity contribution < 1.29 is 8.42 Å². The van der Waals surface area contributed by atoms with Crippen LogP contribution in [-0.2, 0) is 22.1 Å². The van der Waals surface area contributed by atoms with Gasteiger partial charge in [0.2, 0.25) is 0 Å². The normalized spacial score (nSPS) is 18.8. The minimum atomic E-state index is -3.07. The molecule has 0 bridgehead atoms. The zero-order chi connectivity index (χ0) is 17.6. The van der Waals surface area contributed by atoms with Crippen LogP contribution in [0.3, 0.4) is 0 Å². The number of nitrogens with zero attached hydrogens (tertiary/aromatic N) is 2. The van der Waals surface area contributed by atoms with E-state index in [1.807, 2.05) is 24.3 Å². The Balaban J connectivity index is 0.00000312. The van der Waals surface area contributed by atoms with Crippen LogP contribution in [0.15, 0.2) is 29.3 Å². The summed E-state index contributed by atoms with van der Waals surface area (Å²) in [7, 11) is -3.07. The number of hydrogen-bond donors (Lipinski definition) is 2. The van der Waals surface area contributed by atoms with Crippen LogP contribution in [0.2, 0.25) is 0 Å². The van der Waals surface area contributed by atoms with Gasteiger partial charge in [-0.15, -0.1) is 24.0 Å². The number of halogens is 1. The fourth-order valence-corrected chi connectivity index (χ4v) is 3.97. The first-order valence-electron chi connectivity index (χ1n) is 8.41. The lowest BCUT2D eigenvalue weighted by Crippen LogP contribution is -2.42. The zero-order valence-electron chi connectivity index (χ0n) is 14.9. The molecule has 0 aromatic heterocycles. The number of hydrogen-bond acceptors (Lipinski definition) is 4. The maximum atomic E-state index is 11.5. The van der Waals surface area contributed by atoms with Gasteiger partial charge in [0.05, 0.1) is 12.3 Å². The van der Waals surface area contributed by atoms with Crippen LogP contribution in [0.5, 0.6) is 0 Å². The number of likely N-dealkylation sites (N-methyl/N-ethyl adjacent to an activating group) is 1. The van der Waals surface area contributed by atoms with E-state index >= 15 is 0 Å². The second-order valence-electron chi connectivity index (χ2n) is 6.35. The summed E-state index contributed by atoms with van der Waals surface area (Å²) >= 11 is 0. The number of nitrogens with one attached hydrogen (secondary N) is 1. The summed E-state index contributed by atoms with van der Waals surface area (Å²) in [6.45, 7) is 5.57. The van der Waals surface area contributed by atoms with E-state index in [0.717, 1.165) is 30.8 Å². The van der Waals surface area contributed by atoms with Crippen molar-refractivity contribution >= 4 is 39.8 Å². The zero-order valence-corrected chi connectivity index (χ0v) is 18.1. The van der Waals surface area contributed by atoms with Crippen molar-refractivity contribution in [1.29, 1.82) is 0 Å². The fraction of sp³-hybridized carbons (Fsp3) is 0.588. The summed E-state index contributed by atoms with van der Waals surface area (Å²) in [5.41, 5.74) is 7.64.